The molecule has 2 rings (SSSR count). The molecular weight excluding hydrogens is 242 g/mol. The van der Waals surface area contributed by atoms with Crippen molar-refractivity contribution in [2.24, 2.45) is 0 Å². The molecule has 104 valence electrons. The standard InChI is InChI=1S/C14H21N3O2/c1-4-15-13-9-11(5-7-16-13)14(18)17(3)12-6-8-19-10(12)2/h5,7,9-10,12H,4,6,8H2,1-3H3,(H,15,16). The number of anilines is 1. The molecule has 1 saturated heterocycles. The molecule has 0 bridgehead atoms. The lowest BCUT2D eigenvalue weighted by molar-refractivity contribution is 0.0574. The minimum atomic E-state index is 0.0175. The van der Waals surface area contributed by atoms with Gasteiger partial charge < -0.3 is 15.0 Å². The first-order valence-corrected chi connectivity index (χ1v) is 6.72. The molecule has 1 aliphatic heterocycles. The van der Waals surface area contributed by atoms with Crippen molar-refractivity contribution in [2.45, 2.75) is 32.4 Å². The zero-order chi connectivity index (χ0) is 13.8. The summed E-state index contributed by atoms with van der Waals surface area (Å²) >= 11 is 0. The summed E-state index contributed by atoms with van der Waals surface area (Å²) in [6.45, 7) is 5.52. The number of pyridine rings is 1. The van der Waals surface area contributed by atoms with E-state index in [1.54, 1.807) is 23.2 Å². The predicted octanol–water partition coefficient (Wildman–Crippen LogP) is 1.76. The predicted molar refractivity (Wildman–Crippen MR) is 74.3 cm³/mol. The van der Waals surface area contributed by atoms with Crippen molar-refractivity contribution >= 4 is 11.7 Å². The van der Waals surface area contributed by atoms with Crippen LogP contribution in [-0.2, 0) is 4.74 Å². The van der Waals surface area contributed by atoms with Gasteiger partial charge in [-0.25, -0.2) is 4.98 Å². The topological polar surface area (TPSA) is 54.5 Å². The highest BCUT2D eigenvalue weighted by Gasteiger charge is 2.31. The molecule has 1 N–H and O–H groups in total. The van der Waals surface area contributed by atoms with Gasteiger partial charge >= 0.3 is 0 Å². The molecule has 2 atom stereocenters. The largest absolute Gasteiger partial charge is 0.376 e. The van der Waals surface area contributed by atoms with Crippen LogP contribution in [0.15, 0.2) is 18.3 Å². The summed E-state index contributed by atoms with van der Waals surface area (Å²) in [4.78, 5) is 18.4. The van der Waals surface area contributed by atoms with Gasteiger partial charge in [0.05, 0.1) is 12.1 Å². The van der Waals surface area contributed by atoms with Crippen LogP contribution in [0, 0.1) is 0 Å². The van der Waals surface area contributed by atoms with E-state index in [1.165, 1.54) is 0 Å². The van der Waals surface area contributed by atoms with E-state index in [9.17, 15) is 4.79 Å². The number of hydrogen-bond donors (Lipinski definition) is 1. The van der Waals surface area contributed by atoms with Gasteiger partial charge in [0, 0.05) is 32.0 Å². The van der Waals surface area contributed by atoms with Crippen molar-refractivity contribution in [1.82, 2.24) is 9.88 Å². The highest BCUT2D eigenvalue weighted by atomic mass is 16.5. The second kappa shape index (κ2) is 6.02. The average Bonchev–Trinajstić information content (AvgIpc) is 2.84. The molecule has 0 aliphatic carbocycles. The number of hydrogen-bond acceptors (Lipinski definition) is 4. The fourth-order valence-electron chi connectivity index (χ4n) is 2.42. The molecule has 0 spiro atoms. The van der Waals surface area contributed by atoms with Gasteiger partial charge in [-0.3, -0.25) is 4.79 Å². The van der Waals surface area contributed by atoms with E-state index in [4.69, 9.17) is 4.74 Å². The Morgan fingerprint density at radius 1 is 1.63 bits per heavy atom. The Hall–Kier alpha value is -1.62. The van der Waals surface area contributed by atoms with Crippen LogP contribution in [-0.4, -0.2) is 48.1 Å². The first-order valence-electron chi connectivity index (χ1n) is 6.72. The summed E-state index contributed by atoms with van der Waals surface area (Å²) in [7, 11) is 1.84. The second-order valence-corrected chi connectivity index (χ2v) is 4.81. The van der Waals surface area contributed by atoms with Crippen LogP contribution in [0.3, 0.4) is 0 Å². The van der Waals surface area contributed by atoms with Gasteiger partial charge in [0.2, 0.25) is 0 Å². The SMILES string of the molecule is CCNc1cc(C(=O)N(C)C2CCOC2C)ccn1. The van der Waals surface area contributed by atoms with E-state index >= 15 is 0 Å². The molecule has 1 aromatic heterocycles. The van der Waals surface area contributed by atoms with Gasteiger partial charge in [-0.15, -0.1) is 0 Å². The lowest BCUT2D eigenvalue weighted by atomic mass is 10.1. The quantitative estimate of drug-likeness (QED) is 0.899. The first-order chi connectivity index (χ1) is 9.13. The van der Waals surface area contributed by atoms with E-state index < -0.39 is 0 Å². The molecule has 2 heterocycles. The second-order valence-electron chi connectivity index (χ2n) is 4.81. The Morgan fingerprint density at radius 2 is 2.42 bits per heavy atom. The molecule has 0 radical (unpaired) electrons. The number of amides is 1. The summed E-state index contributed by atoms with van der Waals surface area (Å²) in [5.74, 6) is 0.751. The summed E-state index contributed by atoms with van der Waals surface area (Å²) < 4.78 is 5.52. The average molecular weight is 263 g/mol. The number of likely N-dealkylation sites (N-methyl/N-ethyl adjacent to an activating group) is 1. The maximum Gasteiger partial charge on any atom is 0.254 e. The summed E-state index contributed by atoms with van der Waals surface area (Å²) in [5.41, 5.74) is 0.660. The Kier molecular flexibility index (Phi) is 4.37. The normalized spacial score (nSPS) is 22.3. The fraction of sp³-hybridized carbons (Fsp3) is 0.571. The van der Waals surface area contributed by atoms with Gasteiger partial charge in [-0.05, 0) is 32.4 Å². The van der Waals surface area contributed by atoms with Gasteiger partial charge in [0.25, 0.3) is 5.91 Å². The number of carbonyl (C=O) groups excluding carboxylic acids is 1. The third-order valence-corrected chi connectivity index (χ3v) is 3.52. The van der Waals surface area contributed by atoms with E-state index in [0.717, 1.165) is 25.4 Å². The maximum atomic E-state index is 12.4. The first kappa shape index (κ1) is 13.8. The lowest BCUT2D eigenvalue weighted by Crippen LogP contribution is -2.41. The van der Waals surface area contributed by atoms with E-state index in [1.807, 2.05) is 20.9 Å². The summed E-state index contributed by atoms with van der Waals surface area (Å²) in [5, 5.41) is 3.11. The third-order valence-electron chi connectivity index (χ3n) is 3.52. The van der Waals surface area contributed by atoms with Crippen LogP contribution in [0.5, 0.6) is 0 Å². The van der Waals surface area contributed by atoms with Gasteiger partial charge in [-0.2, -0.15) is 0 Å². The number of nitrogens with zero attached hydrogens (tertiary/aromatic N) is 2. The fourth-order valence-corrected chi connectivity index (χ4v) is 2.42. The Bertz CT molecular complexity index is 450. The molecule has 1 amide bonds. The number of aromatic nitrogens is 1. The Labute approximate surface area is 114 Å². The van der Waals surface area contributed by atoms with Crippen LogP contribution >= 0.6 is 0 Å². The molecule has 0 aromatic carbocycles. The molecule has 0 saturated carbocycles. The van der Waals surface area contributed by atoms with Crippen molar-refractivity contribution in [2.75, 3.05) is 25.5 Å². The smallest absolute Gasteiger partial charge is 0.254 e. The van der Waals surface area contributed by atoms with Crippen molar-refractivity contribution in [3.8, 4) is 0 Å². The van der Waals surface area contributed by atoms with Crippen LogP contribution in [0.2, 0.25) is 0 Å². The van der Waals surface area contributed by atoms with Gasteiger partial charge in [0.1, 0.15) is 5.82 Å². The molecule has 5 heteroatoms. The minimum absolute atomic E-state index is 0.0175. The molecular formula is C14H21N3O2. The van der Waals surface area contributed by atoms with Crippen LogP contribution in [0.25, 0.3) is 0 Å². The summed E-state index contributed by atoms with van der Waals surface area (Å²) in [6.07, 6.45) is 2.66. The van der Waals surface area contributed by atoms with Crippen molar-refractivity contribution in [1.29, 1.82) is 0 Å². The number of ether oxygens (including phenoxy) is 1. The minimum Gasteiger partial charge on any atom is -0.376 e. The third kappa shape index (κ3) is 3.04. The molecule has 1 aromatic rings. The van der Waals surface area contributed by atoms with Gasteiger partial charge in [-0.1, -0.05) is 0 Å². The van der Waals surface area contributed by atoms with Crippen molar-refractivity contribution in [3.63, 3.8) is 0 Å². The van der Waals surface area contributed by atoms with Gasteiger partial charge in [0.15, 0.2) is 0 Å². The monoisotopic (exact) mass is 263 g/mol. The number of rotatable bonds is 4. The zero-order valence-corrected chi connectivity index (χ0v) is 11.7. The Morgan fingerprint density at radius 3 is 3.05 bits per heavy atom. The van der Waals surface area contributed by atoms with Crippen LogP contribution < -0.4 is 5.32 Å². The van der Waals surface area contributed by atoms with Crippen LogP contribution in [0.1, 0.15) is 30.6 Å². The maximum absolute atomic E-state index is 12.4. The molecule has 19 heavy (non-hydrogen) atoms. The van der Waals surface area contributed by atoms with E-state index in [0.29, 0.717) is 5.56 Å². The van der Waals surface area contributed by atoms with E-state index in [2.05, 4.69) is 10.3 Å². The Balaban J connectivity index is 2.12. The highest BCUT2D eigenvalue weighted by molar-refractivity contribution is 5.94. The molecule has 5 nitrogen and oxygen atoms in total. The van der Waals surface area contributed by atoms with Crippen LogP contribution in [0.4, 0.5) is 5.82 Å². The highest BCUT2D eigenvalue weighted by Crippen LogP contribution is 2.20. The van der Waals surface area contributed by atoms with E-state index in [-0.39, 0.29) is 18.1 Å². The number of carbonyl (C=O) groups is 1. The summed E-state index contributed by atoms with van der Waals surface area (Å²) in [6, 6.07) is 3.70. The zero-order valence-electron chi connectivity index (χ0n) is 11.7. The van der Waals surface area contributed by atoms with Crippen molar-refractivity contribution < 1.29 is 9.53 Å². The number of nitrogens with one attached hydrogen (secondary N) is 1. The molecule has 2 unspecified atom stereocenters. The molecule has 1 aliphatic rings. The van der Waals surface area contributed by atoms with Crippen molar-refractivity contribution in [3.05, 3.63) is 23.9 Å². The lowest BCUT2D eigenvalue weighted by Gasteiger charge is -2.26. The molecule has 1 fully saturated rings.